The molecule has 0 aromatic carbocycles. The van der Waals surface area contributed by atoms with Crippen LogP contribution in [0.25, 0.3) is 0 Å². The summed E-state index contributed by atoms with van der Waals surface area (Å²) in [5.41, 5.74) is 5.37. The van der Waals surface area contributed by atoms with E-state index in [-0.39, 0.29) is 26.2 Å². The molecule has 0 saturated carbocycles. The summed E-state index contributed by atoms with van der Waals surface area (Å²) in [7, 11) is -4.37. The third-order valence-corrected chi connectivity index (χ3v) is 11.7. The summed E-state index contributed by atoms with van der Waals surface area (Å²) in [6.45, 7) is 4.06. The molecule has 1 amide bonds. The summed E-state index contributed by atoms with van der Waals surface area (Å²) >= 11 is 0. The van der Waals surface area contributed by atoms with Crippen LogP contribution < -0.4 is 11.1 Å². The summed E-state index contributed by atoms with van der Waals surface area (Å²) < 4.78 is 22.1. The van der Waals surface area contributed by atoms with Crippen LogP contribution in [0.4, 0.5) is 0 Å². The van der Waals surface area contributed by atoms with Crippen molar-refractivity contribution in [1.29, 1.82) is 0 Å². The number of nitrogens with one attached hydrogen (secondary N) is 1. The standard InChI is InChI=1S/C44H91N2O7P/c1-3-5-7-9-11-13-15-16-17-18-19-20-21-22-23-24-26-27-29-31-33-35-41(47)39-44(49)46-42(40-53-54(50,51)52-38-37-45)43(48)36-34-32-30-28-25-14-12-10-8-6-4-2/h41-43,47-48H,3-40,45H2,1-2H3,(H,46,49)(H,50,51). The van der Waals surface area contributed by atoms with Crippen LogP contribution in [0.3, 0.4) is 0 Å². The quantitative estimate of drug-likeness (QED) is 0.0302. The fourth-order valence-corrected chi connectivity index (χ4v) is 8.00. The molecule has 0 radical (unpaired) electrons. The topological polar surface area (TPSA) is 151 Å². The summed E-state index contributed by atoms with van der Waals surface area (Å²) in [6, 6.07) is -0.890. The number of aliphatic hydroxyl groups excluding tert-OH is 2. The Bertz CT molecular complexity index is 837. The van der Waals surface area contributed by atoms with Gasteiger partial charge in [0.25, 0.3) is 0 Å². The Kier molecular flexibility index (Phi) is 40.2. The average molecular weight is 791 g/mol. The van der Waals surface area contributed by atoms with E-state index in [4.69, 9.17) is 14.8 Å². The lowest BCUT2D eigenvalue weighted by Crippen LogP contribution is -2.47. The first-order valence-corrected chi connectivity index (χ1v) is 24.7. The van der Waals surface area contributed by atoms with Crippen molar-refractivity contribution >= 4 is 13.7 Å². The van der Waals surface area contributed by atoms with Crippen molar-refractivity contribution in [3.63, 3.8) is 0 Å². The first-order valence-electron chi connectivity index (χ1n) is 23.2. The molecule has 0 fully saturated rings. The zero-order chi connectivity index (χ0) is 39.8. The van der Waals surface area contributed by atoms with Crippen LogP contribution in [0.5, 0.6) is 0 Å². The third-order valence-electron chi connectivity index (χ3n) is 10.8. The van der Waals surface area contributed by atoms with Crippen LogP contribution in [0.2, 0.25) is 0 Å². The Balaban J connectivity index is 4.08. The molecule has 0 aromatic heterocycles. The molecule has 4 atom stereocenters. The molecule has 0 heterocycles. The van der Waals surface area contributed by atoms with E-state index in [9.17, 15) is 24.5 Å². The largest absolute Gasteiger partial charge is 0.472 e. The molecule has 324 valence electrons. The smallest absolute Gasteiger partial charge is 0.393 e. The van der Waals surface area contributed by atoms with Crippen molar-refractivity contribution in [2.75, 3.05) is 19.8 Å². The minimum atomic E-state index is -4.37. The van der Waals surface area contributed by atoms with Crippen molar-refractivity contribution in [2.45, 2.75) is 257 Å². The van der Waals surface area contributed by atoms with Crippen molar-refractivity contribution < 1.29 is 33.5 Å². The number of hydrogen-bond acceptors (Lipinski definition) is 7. The van der Waals surface area contributed by atoms with Crippen LogP contribution in [0.15, 0.2) is 0 Å². The number of unbranched alkanes of at least 4 members (excludes halogenated alkanes) is 30. The van der Waals surface area contributed by atoms with Gasteiger partial charge in [0.05, 0.1) is 37.9 Å². The van der Waals surface area contributed by atoms with Crippen LogP contribution in [-0.4, -0.2) is 59.0 Å². The van der Waals surface area contributed by atoms with E-state index in [1.54, 1.807) is 0 Å². The molecular formula is C44H91N2O7P. The minimum Gasteiger partial charge on any atom is -0.393 e. The number of carbonyl (C=O) groups excluding carboxylic acids is 1. The van der Waals surface area contributed by atoms with Gasteiger partial charge in [-0.05, 0) is 12.8 Å². The number of carbonyl (C=O) groups is 1. The predicted molar refractivity (Wildman–Crippen MR) is 228 cm³/mol. The van der Waals surface area contributed by atoms with E-state index in [1.807, 2.05) is 0 Å². The third kappa shape index (κ3) is 38.3. The molecule has 0 aliphatic carbocycles. The Morgan fingerprint density at radius 1 is 0.556 bits per heavy atom. The zero-order valence-electron chi connectivity index (χ0n) is 35.6. The number of nitrogens with two attached hydrogens (primary N) is 1. The number of rotatable bonds is 44. The van der Waals surface area contributed by atoms with Gasteiger partial charge in [-0.2, -0.15) is 0 Å². The Morgan fingerprint density at radius 2 is 0.889 bits per heavy atom. The molecule has 0 aliphatic rings. The van der Waals surface area contributed by atoms with Crippen LogP contribution in [0.1, 0.15) is 239 Å². The van der Waals surface area contributed by atoms with Gasteiger partial charge in [0.1, 0.15) is 0 Å². The molecule has 54 heavy (non-hydrogen) atoms. The van der Waals surface area contributed by atoms with E-state index in [0.29, 0.717) is 12.8 Å². The Labute approximate surface area is 334 Å². The van der Waals surface area contributed by atoms with Crippen LogP contribution >= 0.6 is 7.82 Å². The highest BCUT2D eigenvalue weighted by Gasteiger charge is 2.28. The van der Waals surface area contributed by atoms with Gasteiger partial charge >= 0.3 is 7.82 Å². The van der Waals surface area contributed by atoms with E-state index in [1.165, 1.54) is 167 Å². The molecule has 0 saturated heterocycles. The van der Waals surface area contributed by atoms with Gasteiger partial charge in [0.15, 0.2) is 0 Å². The summed E-state index contributed by atoms with van der Waals surface area (Å²) in [5, 5.41) is 24.2. The number of hydrogen-bond donors (Lipinski definition) is 5. The second kappa shape index (κ2) is 40.6. The zero-order valence-corrected chi connectivity index (χ0v) is 36.5. The number of amides is 1. The van der Waals surface area contributed by atoms with Crippen molar-refractivity contribution in [3.05, 3.63) is 0 Å². The lowest BCUT2D eigenvalue weighted by molar-refractivity contribution is -0.125. The van der Waals surface area contributed by atoms with Gasteiger partial charge in [0, 0.05) is 6.54 Å². The number of phosphoric ester groups is 1. The predicted octanol–water partition coefficient (Wildman–Crippen LogP) is 12.0. The monoisotopic (exact) mass is 791 g/mol. The lowest BCUT2D eigenvalue weighted by atomic mass is 10.0. The molecule has 0 rings (SSSR count). The fraction of sp³-hybridized carbons (Fsp3) is 0.977. The van der Waals surface area contributed by atoms with E-state index in [0.717, 1.165) is 38.5 Å². The SMILES string of the molecule is CCCCCCCCCCCCCCCCCCCCCCCC(O)CC(=O)NC(COP(=O)(O)OCCN)C(O)CCCCCCCCCCCCC. The van der Waals surface area contributed by atoms with E-state index >= 15 is 0 Å². The molecule has 6 N–H and O–H groups in total. The number of aliphatic hydroxyl groups is 2. The van der Waals surface area contributed by atoms with Crippen molar-refractivity contribution in [2.24, 2.45) is 5.73 Å². The average Bonchev–Trinajstić information content (AvgIpc) is 3.15. The van der Waals surface area contributed by atoms with Crippen LogP contribution in [0, 0.1) is 0 Å². The lowest BCUT2D eigenvalue weighted by Gasteiger charge is -2.25. The van der Waals surface area contributed by atoms with Gasteiger partial charge in [-0.3, -0.25) is 13.8 Å². The molecule has 0 bridgehead atoms. The second-order valence-corrected chi connectivity index (χ2v) is 17.6. The Hall–Kier alpha value is -0.540. The summed E-state index contributed by atoms with van der Waals surface area (Å²) in [6.07, 6.45) is 40.1. The molecular weight excluding hydrogens is 699 g/mol. The highest BCUT2D eigenvalue weighted by molar-refractivity contribution is 7.47. The first-order chi connectivity index (χ1) is 26.3. The fourth-order valence-electron chi connectivity index (χ4n) is 7.24. The number of phosphoric acid groups is 1. The van der Waals surface area contributed by atoms with Gasteiger partial charge < -0.3 is 26.2 Å². The molecule has 0 aromatic rings. The molecule has 0 aliphatic heterocycles. The first kappa shape index (κ1) is 53.5. The molecule has 4 unspecified atom stereocenters. The molecule has 10 heteroatoms. The van der Waals surface area contributed by atoms with Gasteiger partial charge in [-0.25, -0.2) is 4.57 Å². The summed E-state index contributed by atoms with van der Waals surface area (Å²) in [5.74, 6) is -0.409. The second-order valence-electron chi connectivity index (χ2n) is 16.2. The maximum Gasteiger partial charge on any atom is 0.472 e. The normalized spacial score (nSPS) is 14.6. The highest BCUT2D eigenvalue weighted by Crippen LogP contribution is 2.43. The maximum absolute atomic E-state index is 12.8. The van der Waals surface area contributed by atoms with Gasteiger partial charge in [-0.15, -0.1) is 0 Å². The molecule has 0 spiro atoms. The van der Waals surface area contributed by atoms with Crippen molar-refractivity contribution in [3.8, 4) is 0 Å². The maximum atomic E-state index is 12.8. The Morgan fingerprint density at radius 3 is 1.24 bits per heavy atom. The van der Waals surface area contributed by atoms with E-state index in [2.05, 4.69) is 19.2 Å². The minimum absolute atomic E-state index is 0.0625. The summed E-state index contributed by atoms with van der Waals surface area (Å²) in [4.78, 5) is 22.8. The van der Waals surface area contributed by atoms with E-state index < -0.39 is 32.0 Å². The molecule has 9 nitrogen and oxygen atoms in total. The highest BCUT2D eigenvalue weighted by atomic mass is 31.2. The van der Waals surface area contributed by atoms with Crippen LogP contribution in [-0.2, 0) is 18.4 Å². The van der Waals surface area contributed by atoms with Crippen molar-refractivity contribution in [1.82, 2.24) is 5.32 Å². The van der Waals surface area contributed by atoms with Gasteiger partial charge in [-0.1, -0.05) is 219 Å². The van der Waals surface area contributed by atoms with Gasteiger partial charge in [0.2, 0.25) is 5.91 Å².